The lowest BCUT2D eigenvalue weighted by Gasteiger charge is -2.31. The van der Waals surface area contributed by atoms with E-state index in [2.05, 4.69) is 31.5 Å². The van der Waals surface area contributed by atoms with E-state index in [0.717, 1.165) is 49.7 Å². The summed E-state index contributed by atoms with van der Waals surface area (Å²) in [6.07, 6.45) is 7.71. The largest absolute Gasteiger partial charge is 0.322 e. The van der Waals surface area contributed by atoms with Crippen molar-refractivity contribution in [3.05, 3.63) is 71.6 Å². The Morgan fingerprint density at radius 2 is 1.93 bits per heavy atom. The van der Waals surface area contributed by atoms with E-state index in [1.54, 1.807) is 6.20 Å². The highest BCUT2D eigenvalue weighted by atomic mass is 16.1. The van der Waals surface area contributed by atoms with Gasteiger partial charge in [0.15, 0.2) is 0 Å². The van der Waals surface area contributed by atoms with E-state index in [0.29, 0.717) is 11.5 Å². The van der Waals surface area contributed by atoms with Crippen LogP contribution in [0.2, 0.25) is 0 Å². The first-order valence-electron chi connectivity index (χ1n) is 9.98. The normalized spacial score (nSPS) is 15.4. The first kappa shape index (κ1) is 19.3. The number of rotatable bonds is 5. The van der Waals surface area contributed by atoms with Gasteiger partial charge >= 0.3 is 0 Å². The molecule has 1 fully saturated rings. The van der Waals surface area contributed by atoms with Crippen LogP contribution in [0, 0.1) is 6.92 Å². The SMILES string of the molecule is Cc1nc(C2CCN(Cc3cnn(C)c3)CC2)ncc1C(=O)Nc1ccccc1. The fourth-order valence-corrected chi connectivity index (χ4v) is 3.79. The molecule has 0 radical (unpaired) electrons. The van der Waals surface area contributed by atoms with Crippen LogP contribution in [0.4, 0.5) is 5.69 Å². The molecular formula is C22H26N6O. The number of piperidine rings is 1. The molecule has 0 saturated carbocycles. The van der Waals surface area contributed by atoms with E-state index in [1.165, 1.54) is 5.56 Å². The smallest absolute Gasteiger partial charge is 0.259 e. The molecule has 2 aromatic heterocycles. The Hall–Kier alpha value is -3.06. The lowest BCUT2D eigenvalue weighted by atomic mass is 9.95. The summed E-state index contributed by atoms with van der Waals surface area (Å²) in [5, 5.41) is 7.14. The van der Waals surface area contributed by atoms with Gasteiger partial charge in [0.05, 0.1) is 17.5 Å². The third-order valence-electron chi connectivity index (χ3n) is 5.39. The fourth-order valence-electron chi connectivity index (χ4n) is 3.79. The minimum absolute atomic E-state index is 0.175. The number of aryl methyl sites for hydroxylation is 2. The molecule has 0 atom stereocenters. The number of para-hydroxylation sites is 1. The van der Waals surface area contributed by atoms with Crippen LogP contribution in [-0.4, -0.2) is 43.6 Å². The summed E-state index contributed by atoms with van der Waals surface area (Å²) in [5.41, 5.74) is 3.25. The third kappa shape index (κ3) is 4.68. The number of amides is 1. The van der Waals surface area contributed by atoms with Gasteiger partial charge in [-0.05, 0) is 45.0 Å². The Labute approximate surface area is 170 Å². The van der Waals surface area contributed by atoms with Crippen LogP contribution in [0.1, 0.15) is 46.2 Å². The summed E-state index contributed by atoms with van der Waals surface area (Å²) in [7, 11) is 1.94. The van der Waals surface area contributed by atoms with Crippen molar-refractivity contribution in [3.8, 4) is 0 Å². The standard InChI is InChI=1S/C22H26N6O/c1-16-20(22(29)26-19-6-4-3-5-7-19)13-23-21(25-16)18-8-10-28(11-9-18)15-17-12-24-27(2)14-17/h3-7,12-14,18H,8-11,15H2,1-2H3,(H,26,29). The van der Waals surface area contributed by atoms with Gasteiger partial charge in [-0.25, -0.2) is 9.97 Å². The van der Waals surface area contributed by atoms with Crippen molar-refractivity contribution in [2.45, 2.75) is 32.2 Å². The number of carbonyl (C=O) groups is 1. The summed E-state index contributed by atoms with van der Waals surface area (Å²) < 4.78 is 1.84. The number of hydrogen-bond donors (Lipinski definition) is 1. The maximum absolute atomic E-state index is 12.5. The summed E-state index contributed by atoms with van der Waals surface area (Å²) in [5.74, 6) is 1.01. The number of aromatic nitrogens is 4. The van der Waals surface area contributed by atoms with E-state index in [1.807, 2.05) is 55.2 Å². The molecule has 29 heavy (non-hydrogen) atoms. The predicted molar refractivity (Wildman–Crippen MR) is 112 cm³/mol. The molecule has 0 spiro atoms. The molecule has 0 unspecified atom stereocenters. The molecule has 1 aliphatic rings. The Balaban J connectivity index is 1.36. The quantitative estimate of drug-likeness (QED) is 0.724. The summed E-state index contributed by atoms with van der Waals surface area (Å²) >= 11 is 0. The van der Waals surface area contributed by atoms with Crippen molar-refractivity contribution in [3.63, 3.8) is 0 Å². The van der Waals surface area contributed by atoms with Crippen molar-refractivity contribution < 1.29 is 4.79 Å². The van der Waals surface area contributed by atoms with Crippen molar-refractivity contribution in [2.24, 2.45) is 7.05 Å². The Kier molecular flexibility index (Phi) is 5.67. The average molecular weight is 390 g/mol. The molecule has 150 valence electrons. The highest BCUT2D eigenvalue weighted by Gasteiger charge is 2.24. The lowest BCUT2D eigenvalue weighted by Crippen LogP contribution is -2.33. The van der Waals surface area contributed by atoms with Gasteiger partial charge in [-0.15, -0.1) is 0 Å². The van der Waals surface area contributed by atoms with Gasteiger partial charge in [0.1, 0.15) is 5.82 Å². The van der Waals surface area contributed by atoms with Crippen LogP contribution in [0.25, 0.3) is 0 Å². The molecule has 7 nitrogen and oxygen atoms in total. The van der Waals surface area contributed by atoms with Gasteiger partial charge in [-0.3, -0.25) is 14.4 Å². The molecule has 0 aliphatic carbocycles. The zero-order valence-electron chi connectivity index (χ0n) is 16.9. The molecule has 3 heterocycles. The summed E-state index contributed by atoms with van der Waals surface area (Å²) in [6.45, 7) is 4.83. The van der Waals surface area contributed by atoms with Gasteiger partial charge in [0.2, 0.25) is 0 Å². The van der Waals surface area contributed by atoms with Crippen molar-refractivity contribution in [2.75, 3.05) is 18.4 Å². The Bertz CT molecular complexity index is 976. The number of nitrogens with zero attached hydrogens (tertiary/aromatic N) is 5. The van der Waals surface area contributed by atoms with Crippen LogP contribution in [0.3, 0.4) is 0 Å². The highest BCUT2D eigenvalue weighted by Crippen LogP contribution is 2.27. The Morgan fingerprint density at radius 1 is 1.17 bits per heavy atom. The predicted octanol–water partition coefficient (Wildman–Crippen LogP) is 3.15. The zero-order valence-corrected chi connectivity index (χ0v) is 16.9. The van der Waals surface area contributed by atoms with Crippen molar-refractivity contribution in [1.82, 2.24) is 24.6 Å². The second-order valence-corrected chi connectivity index (χ2v) is 7.62. The molecule has 7 heteroatoms. The van der Waals surface area contributed by atoms with Crippen LogP contribution >= 0.6 is 0 Å². The minimum atomic E-state index is -0.175. The number of hydrogen-bond acceptors (Lipinski definition) is 5. The highest BCUT2D eigenvalue weighted by molar-refractivity contribution is 6.04. The number of nitrogens with one attached hydrogen (secondary N) is 1. The molecule has 0 bridgehead atoms. The minimum Gasteiger partial charge on any atom is -0.322 e. The average Bonchev–Trinajstić information content (AvgIpc) is 3.13. The molecule has 1 aliphatic heterocycles. The topological polar surface area (TPSA) is 75.9 Å². The molecule has 1 amide bonds. The zero-order chi connectivity index (χ0) is 20.2. The maximum Gasteiger partial charge on any atom is 0.259 e. The van der Waals surface area contributed by atoms with Gasteiger partial charge in [0, 0.05) is 43.2 Å². The second-order valence-electron chi connectivity index (χ2n) is 7.62. The number of benzene rings is 1. The van der Waals surface area contributed by atoms with Crippen LogP contribution < -0.4 is 5.32 Å². The van der Waals surface area contributed by atoms with Gasteiger partial charge in [-0.2, -0.15) is 5.10 Å². The van der Waals surface area contributed by atoms with Crippen molar-refractivity contribution in [1.29, 1.82) is 0 Å². The molecule has 1 aromatic carbocycles. The summed E-state index contributed by atoms with van der Waals surface area (Å²) in [6, 6.07) is 9.43. The molecule has 1 N–H and O–H groups in total. The number of anilines is 1. The monoisotopic (exact) mass is 390 g/mol. The molecule has 3 aromatic rings. The van der Waals surface area contributed by atoms with Crippen LogP contribution in [0.15, 0.2) is 48.9 Å². The van der Waals surface area contributed by atoms with E-state index in [4.69, 9.17) is 0 Å². The third-order valence-corrected chi connectivity index (χ3v) is 5.39. The van der Waals surface area contributed by atoms with E-state index < -0.39 is 0 Å². The molecule has 1 saturated heterocycles. The van der Waals surface area contributed by atoms with Gasteiger partial charge < -0.3 is 5.32 Å². The second kappa shape index (κ2) is 8.53. The van der Waals surface area contributed by atoms with E-state index in [-0.39, 0.29) is 5.91 Å². The number of carbonyl (C=O) groups excluding carboxylic acids is 1. The first-order chi connectivity index (χ1) is 14.1. The molecule has 4 rings (SSSR count). The molecular weight excluding hydrogens is 364 g/mol. The first-order valence-corrected chi connectivity index (χ1v) is 9.98. The number of likely N-dealkylation sites (tertiary alicyclic amines) is 1. The fraction of sp³-hybridized carbons (Fsp3) is 0.364. The van der Waals surface area contributed by atoms with Gasteiger partial charge in [0.25, 0.3) is 5.91 Å². The van der Waals surface area contributed by atoms with E-state index in [9.17, 15) is 4.79 Å². The lowest BCUT2D eigenvalue weighted by molar-refractivity contribution is 0.102. The summed E-state index contributed by atoms with van der Waals surface area (Å²) in [4.78, 5) is 24.2. The van der Waals surface area contributed by atoms with E-state index >= 15 is 0 Å². The maximum atomic E-state index is 12.5. The van der Waals surface area contributed by atoms with Gasteiger partial charge in [-0.1, -0.05) is 18.2 Å². The van der Waals surface area contributed by atoms with Crippen LogP contribution in [0.5, 0.6) is 0 Å². The van der Waals surface area contributed by atoms with Crippen LogP contribution in [-0.2, 0) is 13.6 Å². The Morgan fingerprint density at radius 3 is 2.59 bits per heavy atom. The van der Waals surface area contributed by atoms with Crippen molar-refractivity contribution >= 4 is 11.6 Å².